The minimum atomic E-state index is -1.40. The second kappa shape index (κ2) is 11.5. The van der Waals surface area contributed by atoms with Gasteiger partial charge in [0.25, 0.3) is 5.91 Å². The average Bonchev–Trinajstić information content (AvgIpc) is 2.97. The van der Waals surface area contributed by atoms with E-state index in [0.717, 1.165) is 11.6 Å². The first kappa shape index (κ1) is 27.3. The Morgan fingerprint density at radius 1 is 1.00 bits per heavy atom. The summed E-state index contributed by atoms with van der Waals surface area (Å²) < 4.78 is 34.8. The van der Waals surface area contributed by atoms with Crippen LogP contribution in [0.1, 0.15) is 29.2 Å². The van der Waals surface area contributed by atoms with E-state index in [1.807, 2.05) is 30.3 Å². The summed E-state index contributed by atoms with van der Waals surface area (Å²) in [4.78, 5) is 15.1. The molecule has 1 fully saturated rings. The van der Waals surface area contributed by atoms with Crippen molar-refractivity contribution in [3.05, 3.63) is 125 Å². The number of rotatable bonds is 8. The lowest BCUT2D eigenvalue weighted by Crippen LogP contribution is -2.63. The van der Waals surface area contributed by atoms with Crippen LogP contribution in [-0.4, -0.2) is 62.1 Å². The number of hydrogen-bond donors (Lipinski definition) is 3. The Balaban J connectivity index is 1.68. The van der Waals surface area contributed by atoms with Gasteiger partial charge in [0.05, 0.1) is 6.04 Å². The summed E-state index contributed by atoms with van der Waals surface area (Å²) in [6, 6.07) is 19.4. The van der Waals surface area contributed by atoms with Crippen LogP contribution in [0.25, 0.3) is 0 Å². The van der Waals surface area contributed by atoms with Crippen molar-refractivity contribution >= 4 is 5.91 Å². The molecule has 3 aromatic rings. The number of aliphatic hydroxyl groups excluding tert-OH is 2. The van der Waals surface area contributed by atoms with Crippen LogP contribution in [0, 0.1) is 11.6 Å². The topological polar surface area (TPSA) is 96.7 Å². The van der Waals surface area contributed by atoms with Crippen molar-refractivity contribution in [2.45, 2.75) is 31.3 Å². The molecule has 0 saturated carbocycles. The summed E-state index contributed by atoms with van der Waals surface area (Å²) in [6.45, 7) is -0.206. The molecule has 208 valence electrons. The molecule has 0 radical (unpaired) electrons. The normalized spacial score (nSPS) is 20.1. The van der Waals surface area contributed by atoms with E-state index >= 15 is 0 Å². The van der Waals surface area contributed by atoms with Crippen LogP contribution < -0.4 is 0 Å². The molecule has 10 heteroatoms. The minimum Gasteiger partial charge on any atom is -0.505 e. The molecule has 3 atom stereocenters. The standard InChI is InChI=1S/C30H29F2N3O5/c1-33-24(15-17-36)35(26(20-10-6-3-7-11-20)21-12-13-22(31)25(32)28(21)38)34-16-14-23(37)29(27(34)30(33)39)40-18-19-8-4-2-5-9-19/h2-14,16,23-24,26,36-38H,15,17-18H2,1H3. The maximum Gasteiger partial charge on any atom is 0.276 e. The van der Waals surface area contributed by atoms with Gasteiger partial charge in [0.1, 0.15) is 18.9 Å². The van der Waals surface area contributed by atoms with Crippen LogP contribution in [0.4, 0.5) is 8.78 Å². The average molecular weight is 550 g/mol. The summed E-state index contributed by atoms with van der Waals surface area (Å²) >= 11 is 0. The number of fused-ring (bicyclic) bond motifs is 1. The molecule has 0 aromatic heterocycles. The Bertz CT molecular complexity index is 1430. The summed E-state index contributed by atoms with van der Waals surface area (Å²) in [5.41, 5.74) is 1.48. The highest BCUT2D eigenvalue weighted by molar-refractivity contribution is 5.94. The second-order valence-electron chi connectivity index (χ2n) is 9.52. The fourth-order valence-corrected chi connectivity index (χ4v) is 5.11. The Hall–Kier alpha value is -4.25. The smallest absolute Gasteiger partial charge is 0.276 e. The van der Waals surface area contributed by atoms with Crippen molar-refractivity contribution in [2.75, 3.05) is 13.7 Å². The maximum absolute atomic E-state index is 14.7. The van der Waals surface area contributed by atoms with Crippen LogP contribution in [0.3, 0.4) is 0 Å². The van der Waals surface area contributed by atoms with Crippen LogP contribution in [0.5, 0.6) is 5.75 Å². The lowest BCUT2D eigenvalue weighted by Gasteiger charge is -2.53. The Morgan fingerprint density at radius 3 is 2.35 bits per heavy atom. The predicted octanol–water partition coefficient (Wildman–Crippen LogP) is 3.78. The van der Waals surface area contributed by atoms with E-state index in [1.165, 1.54) is 28.3 Å². The lowest BCUT2D eigenvalue weighted by atomic mass is 9.95. The largest absolute Gasteiger partial charge is 0.505 e. The number of likely N-dealkylation sites (N-methyl/N-ethyl adjacent to an activating group) is 1. The summed E-state index contributed by atoms with van der Waals surface area (Å²) in [6.07, 6.45) is 1.02. The SMILES string of the molecule is CN1C(=O)C2=C(OCc3ccccc3)C(O)C=CN2N(C(c2ccccc2)c2ccc(F)c(F)c2O)C1CCO. The number of hydrogen-bond acceptors (Lipinski definition) is 7. The molecule has 8 nitrogen and oxygen atoms in total. The molecule has 2 heterocycles. The number of benzene rings is 3. The molecule has 5 rings (SSSR count). The molecule has 1 amide bonds. The first-order valence-corrected chi connectivity index (χ1v) is 12.8. The molecule has 2 aliphatic heterocycles. The van der Waals surface area contributed by atoms with Crippen molar-refractivity contribution in [1.29, 1.82) is 0 Å². The van der Waals surface area contributed by atoms with Gasteiger partial charge in [-0.25, -0.2) is 4.39 Å². The summed E-state index contributed by atoms with van der Waals surface area (Å²) in [7, 11) is 1.55. The molecule has 2 aliphatic rings. The van der Waals surface area contributed by atoms with Crippen LogP contribution in [0.2, 0.25) is 0 Å². The number of ether oxygens (including phenoxy) is 1. The first-order chi connectivity index (χ1) is 19.3. The zero-order valence-electron chi connectivity index (χ0n) is 21.7. The Kier molecular flexibility index (Phi) is 7.83. The van der Waals surface area contributed by atoms with Gasteiger partial charge in [-0.2, -0.15) is 9.40 Å². The molecule has 3 unspecified atom stereocenters. The molecular formula is C30H29F2N3O5. The zero-order valence-corrected chi connectivity index (χ0v) is 21.7. The Morgan fingerprint density at radius 2 is 1.68 bits per heavy atom. The van der Waals surface area contributed by atoms with Gasteiger partial charge in [-0.3, -0.25) is 9.80 Å². The third kappa shape index (κ3) is 4.92. The van der Waals surface area contributed by atoms with Crippen molar-refractivity contribution in [1.82, 2.24) is 14.9 Å². The van der Waals surface area contributed by atoms with Gasteiger partial charge >= 0.3 is 0 Å². The summed E-state index contributed by atoms with van der Waals surface area (Å²) in [5.74, 6) is -3.93. The maximum atomic E-state index is 14.7. The first-order valence-electron chi connectivity index (χ1n) is 12.8. The number of halogens is 2. The fraction of sp³-hybridized carbons (Fsp3) is 0.233. The quantitative estimate of drug-likeness (QED) is 0.394. The number of phenolic OH excluding ortho intramolecular Hbond substituents is 1. The van der Waals surface area contributed by atoms with E-state index in [4.69, 9.17) is 4.74 Å². The number of phenols is 1. The molecule has 1 saturated heterocycles. The highest BCUT2D eigenvalue weighted by Crippen LogP contribution is 2.43. The lowest BCUT2D eigenvalue weighted by molar-refractivity contribution is -0.166. The molecule has 0 spiro atoms. The van der Waals surface area contributed by atoms with Gasteiger partial charge in [0, 0.05) is 31.8 Å². The van der Waals surface area contributed by atoms with E-state index in [0.29, 0.717) is 5.56 Å². The molecule has 0 bridgehead atoms. The number of aromatic hydroxyl groups is 1. The second-order valence-corrected chi connectivity index (χ2v) is 9.52. The molecule has 0 aliphatic carbocycles. The fourth-order valence-electron chi connectivity index (χ4n) is 5.11. The van der Waals surface area contributed by atoms with Gasteiger partial charge in [-0.15, -0.1) is 0 Å². The number of carbonyl (C=O) groups is 1. The van der Waals surface area contributed by atoms with Crippen LogP contribution in [-0.2, 0) is 16.1 Å². The van der Waals surface area contributed by atoms with Gasteiger partial charge in [-0.05, 0) is 23.3 Å². The van der Waals surface area contributed by atoms with E-state index in [1.54, 1.807) is 42.4 Å². The monoisotopic (exact) mass is 549 g/mol. The third-order valence-corrected chi connectivity index (χ3v) is 7.06. The number of hydrazine groups is 1. The molecule has 3 aromatic carbocycles. The highest BCUT2D eigenvalue weighted by Gasteiger charge is 2.48. The van der Waals surface area contributed by atoms with E-state index < -0.39 is 41.6 Å². The van der Waals surface area contributed by atoms with Gasteiger partial charge in [-0.1, -0.05) is 66.7 Å². The van der Waals surface area contributed by atoms with E-state index in [-0.39, 0.29) is 36.7 Å². The van der Waals surface area contributed by atoms with Crippen molar-refractivity contribution in [3.63, 3.8) is 0 Å². The zero-order chi connectivity index (χ0) is 28.4. The van der Waals surface area contributed by atoms with Crippen LogP contribution >= 0.6 is 0 Å². The van der Waals surface area contributed by atoms with Crippen molar-refractivity contribution in [3.8, 4) is 5.75 Å². The minimum absolute atomic E-state index is 0.0111. The van der Waals surface area contributed by atoms with Gasteiger partial charge in [0.2, 0.25) is 5.82 Å². The van der Waals surface area contributed by atoms with Crippen molar-refractivity contribution < 1.29 is 33.6 Å². The van der Waals surface area contributed by atoms with Crippen LogP contribution in [0.15, 0.2) is 96.5 Å². The number of amides is 1. The number of aliphatic hydroxyl groups is 2. The molecular weight excluding hydrogens is 520 g/mol. The van der Waals surface area contributed by atoms with Crippen molar-refractivity contribution in [2.24, 2.45) is 0 Å². The molecule has 3 N–H and O–H groups in total. The highest BCUT2D eigenvalue weighted by atomic mass is 19.2. The van der Waals surface area contributed by atoms with Gasteiger partial charge in [0.15, 0.2) is 23.0 Å². The predicted molar refractivity (Wildman–Crippen MR) is 142 cm³/mol. The van der Waals surface area contributed by atoms with Gasteiger partial charge < -0.3 is 25.0 Å². The van der Waals surface area contributed by atoms with E-state index in [9.17, 15) is 28.9 Å². The Labute approximate surface area is 230 Å². The number of nitrogens with zero attached hydrogens (tertiary/aromatic N) is 3. The molecule has 40 heavy (non-hydrogen) atoms. The summed E-state index contributed by atoms with van der Waals surface area (Å²) in [5, 5.41) is 34.8. The van der Waals surface area contributed by atoms with E-state index in [2.05, 4.69) is 0 Å². The number of carbonyl (C=O) groups excluding carboxylic acids is 1. The third-order valence-electron chi connectivity index (χ3n) is 7.06.